The zero-order chi connectivity index (χ0) is 22.4. The zero-order valence-corrected chi connectivity index (χ0v) is 16.5. The summed E-state index contributed by atoms with van der Waals surface area (Å²) in [6, 6.07) is 17.8. The number of carbonyl (C=O) groups is 2. The highest BCUT2D eigenvalue weighted by molar-refractivity contribution is 6.20. The summed E-state index contributed by atoms with van der Waals surface area (Å²) in [5.74, 6) is -3.29. The maximum Gasteiger partial charge on any atom is 0.294 e. The number of aliphatic hydroxyl groups is 1. The Morgan fingerprint density at radius 1 is 0.906 bits per heavy atom. The third kappa shape index (κ3) is 3.15. The van der Waals surface area contributed by atoms with Gasteiger partial charge < -0.3 is 9.52 Å². The number of benzene rings is 3. The second kappa shape index (κ2) is 7.46. The standard InChI is InChI=1S/C25H15F2NO4/c26-16-7-5-14(6-8-16)22-21(23(29)20-13-15-3-1-2-4-19(15)32-20)24(30)25(31)28(22)18-11-9-17(27)10-12-18/h1-13,22,30H. The molecule has 0 saturated heterocycles. The minimum absolute atomic E-state index is 0.0476. The van der Waals surface area contributed by atoms with Crippen LogP contribution in [0.3, 0.4) is 0 Å². The van der Waals surface area contributed by atoms with Gasteiger partial charge in [-0.2, -0.15) is 0 Å². The van der Waals surface area contributed by atoms with Gasteiger partial charge >= 0.3 is 0 Å². The van der Waals surface area contributed by atoms with E-state index in [1.54, 1.807) is 24.3 Å². The number of fused-ring (bicyclic) bond motifs is 1. The van der Waals surface area contributed by atoms with Crippen LogP contribution in [-0.4, -0.2) is 16.8 Å². The Balaban J connectivity index is 1.66. The van der Waals surface area contributed by atoms with E-state index >= 15 is 0 Å². The van der Waals surface area contributed by atoms with Gasteiger partial charge in [0, 0.05) is 11.1 Å². The van der Waals surface area contributed by atoms with Crippen molar-refractivity contribution in [3.8, 4) is 0 Å². The van der Waals surface area contributed by atoms with Gasteiger partial charge in [0.25, 0.3) is 5.91 Å². The molecule has 7 heteroatoms. The Bertz CT molecular complexity index is 1350. The van der Waals surface area contributed by atoms with E-state index in [4.69, 9.17) is 4.42 Å². The van der Waals surface area contributed by atoms with Gasteiger partial charge in [-0.3, -0.25) is 14.5 Å². The number of para-hydroxylation sites is 1. The molecule has 4 aromatic rings. The molecule has 1 aliphatic heterocycles. The number of anilines is 1. The summed E-state index contributed by atoms with van der Waals surface area (Å²) in [6.07, 6.45) is 0. The first kappa shape index (κ1) is 19.7. The lowest BCUT2D eigenvalue weighted by atomic mass is 9.94. The van der Waals surface area contributed by atoms with Crippen molar-refractivity contribution in [3.05, 3.63) is 113 Å². The number of hydrogen-bond acceptors (Lipinski definition) is 4. The molecule has 158 valence electrons. The lowest BCUT2D eigenvalue weighted by molar-refractivity contribution is -0.117. The van der Waals surface area contributed by atoms with Crippen LogP contribution >= 0.6 is 0 Å². The lowest BCUT2D eigenvalue weighted by Crippen LogP contribution is -2.31. The first-order valence-corrected chi connectivity index (χ1v) is 9.75. The maximum atomic E-state index is 13.6. The van der Waals surface area contributed by atoms with E-state index in [-0.39, 0.29) is 17.0 Å². The number of rotatable bonds is 4. The van der Waals surface area contributed by atoms with Gasteiger partial charge in [0.05, 0.1) is 11.6 Å². The molecule has 32 heavy (non-hydrogen) atoms. The van der Waals surface area contributed by atoms with Crippen LogP contribution in [0.2, 0.25) is 0 Å². The summed E-state index contributed by atoms with van der Waals surface area (Å²) in [6.45, 7) is 0. The minimum Gasteiger partial charge on any atom is -0.503 e. The maximum absolute atomic E-state index is 13.6. The number of carbonyl (C=O) groups excluding carboxylic acids is 2. The highest BCUT2D eigenvalue weighted by Gasteiger charge is 2.45. The number of amides is 1. The molecule has 0 spiro atoms. The summed E-state index contributed by atoms with van der Waals surface area (Å²) in [5, 5.41) is 11.4. The van der Waals surface area contributed by atoms with Gasteiger partial charge in [-0.15, -0.1) is 0 Å². The van der Waals surface area contributed by atoms with Crippen LogP contribution in [-0.2, 0) is 4.79 Å². The van der Waals surface area contributed by atoms with Crippen molar-refractivity contribution in [1.29, 1.82) is 0 Å². The molecule has 3 aromatic carbocycles. The summed E-state index contributed by atoms with van der Waals surface area (Å²) in [7, 11) is 0. The number of Topliss-reactive ketones (excluding diaryl/α,β-unsaturated/α-hetero) is 1. The van der Waals surface area contributed by atoms with E-state index in [1.165, 1.54) is 59.5 Å². The summed E-state index contributed by atoms with van der Waals surface area (Å²) in [5.41, 5.74) is 0.941. The van der Waals surface area contributed by atoms with E-state index in [2.05, 4.69) is 0 Å². The van der Waals surface area contributed by atoms with Gasteiger partial charge in [0.1, 0.15) is 17.2 Å². The predicted octanol–water partition coefficient (Wildman–Crippen LogP) is 5.49. The average Bonchev–Trinajstić information content (AvgIpc) is 3.34. The number of halogens is 2. The molecule has 0 aliphatic carbocycles. The molecule has 1 amide bonds. The molecule has 1 aliphatic rings. The van der Waals surface area contributed by atoms with Crippen molar-refractivity contribution in [2.75, 3.05) is 4.90 Å². The van der Waals surface area contributed by atoms with Crippen molar-refractivity contribution >= 4 is 28.3 Å². The van der Waals surface area contributed by atoms with E-state index in [9.17, 15) is 23.5 Å². The molecular formula is C25H15F2NO4. The Kier molecular flexibility index (Phi) is 4.59. The minimum atomic E-state index is -1.06. The monoisotopic (exact) mass is 431 g/mol. The number of furan rings is 1. The third-order valence-electron chi connectivity index (χ3n) is 5.39. The van der Waals surface area contributed by atoms with E-state index in [1.807, 2.05) is 0 Å². The van der Waals surface area contributed by atoms with Crippen LogP contribution in [0.1, 0.15) is 22.2 Å². The molecule has 0 bridgehead atoms. The highest BCUT2D eigenvalue weighted by Crippen LogP contribution is 2.42. The van der Waals surface area contributed by atoms with Crippen molar-refractivity contribution in [2.45, 2.75) is 6.04 Å². The molecule has 0 saturated carbocycles. The molecule has 1 N–H and O–H groups in total. The Hall–Kier alpha value is -4.26. The Morgan fingerprint density at radius 3 is 2.19 bits per heavy atom. The first-order chi connectivity index (χ1) is 15.4. The third-order valence-corrected chi connectivity index (χ3v) is 5.39. The second-order valence-corrected chi connectivity index (χ2v) is 7.35. The van der Waals surface area contributed by atoms with Gasteiger partial charge in [0.15, 0.2) is 11.5 Å². The largest absolute Gasteiger partial charge is 0.503 e. The fraction of sp³-hybridized carbons (Fsp3) is 0.0400. The summed E-state index contributed by atoms with van der Waals surface area (Å²) >= 11 is 0. The van der Waals surface area contributed by atoms with E-state index in [0.717, 1.165) is 0 Å². The number of aliphatic hydroxyl groups excluding tert-OH is 1. The topological polar surface area (TPSA) is 70.8 Å². The van der Waals surface area contributed by atoms with Gasteiger partial charge in [-0.05, 0) is 54.1 Å². The fourth-order valence-electron chi connectivity index (χ4n) is 3.89. The smallest absolute Gasteiger partial charge is 0.294 e. The molecule has 0 radical (unpaired) electrons. The van der Waals surface area contributed by atoms with Crippen LogP contribution < -0.4 is 4.90 Å². The van der Waals surface area contributed by atoms with Crippen LogP contribution in [0.5, 0.6) is 0 Å². The quantitative estimate of drug-likeness (QED) is 0.434. The van der Waals surface area contributed by atoms with Crippen LogP contribution in [0, 0.1) is 11.6 Å². The van der Waals surface area contributed by atoms with Gasteiger partial charge in [-0.25, -0.2) is 8.78 Å². The molecule has 1 atom stereocenters. The molecular weight excluding hydrogens is 416 g/mol. The van der Waals surface area contributed by atoms with E-state index < -0.39 is 35.1 Å². The number of ketones is 1. The molecule has 5 rings (SSSR count). The number of nitrogens with zero attached hydrogens (tertiary/aromatic N) is 1. The second-order valence-electron chi connectivity index (χ2n) is 7.35. The average molecular weight is 431 g/mol. The molecule has 1 aromatic heterocycles. The summed E-state index contributed by atoms with van der Waals surface area (Å²) < 4.78 is 32.7. The van der Waals surface area contributed by atoms with Gasteiger partial charge in [-0.1, -0.05) is 30.3 Å². The van der Waals surface area contributed by atoms with Crippen molar-refractivity contribution < 1.29 is 27.9 Å². The summed E-state index contributed by atoms with van der Waals surface area (Å²) in [4.78, 5) is 27.6. The predicted molar refractivity (Wildman–Crippen MR) is 113 cm³/mol. The first-order valence-electron chi connectivity index (χ1n) is 9.75. The van der Waals surface area contributed by atoms with Gasteiger partial charge in [0.2, 0.25) is 5.78 Å². The normalized spacial score (nSPS) is 16.2. The van der Waals surface area contributed by atoms with Crippen LogP contribution in [0.4, 0.5) is 14.5 Å². The highest BCUT2D eigenvalue weighted by atomic mass is 19.1. The zero-order valence-electron chi connectivity index (χ0n) is 16.5. The molecule has 0 fully saturated rings. The Labute approximate surface area is 180 Å². The van der Waals surface area contributed by atoms with Crippen molar-refractivity contribution in [1.82, 2.24) is 0 Å². The molecule has 1 unspecified atom stereocenters. The lowest BCUT2D eigenvalue weighted by Gasteiger charge is -2.26. The van der Waals surface area contributed by atoms with Crippen molar-refractivity contribution in [3.63, 3.8) is 0 Å². The van der Waals surface area contributed by atoms with Crippen LogP contribution in [0.25, 0.3) is 11.0 Å². The number of hydrogen-bond donors (Lipinski definition) is 1. The van der Waals surface area contributed by atoms with Crippen LogP contribution in [0.15, 0.2) is 94.6 Å². The fourth-order valence-corrected chi connectivity index (χ4v) is 3.89. The van der Waals surface area contributed by atoms with E-state index in [0.29, 0.717) is 16.5 Å². The SMILES string of the molecule is O=C(C1=C(O)C(=O)N(c2ccc(F)cc2)C1c1ccc(F)cc1)c1cc2ccccc2o1. The van der Waals surface area contributed by atoms with Crippen molar-refractivity contribution in [2.24, 2.45) is 0 Å². The molecule has 5 nitrogen and oxygen atoms in total. The Morgan fingerprint density at radius 2 is 1.53 bits per heavy atom. The molecule has 2 heterocycles.